The van der Waals surface area contributed by atoms with E-state index < -0.39 is 0 Å². The van der Waals surface area contributed by atoms with Gasteiger partial charge in [0.2, 0.25) is 0 Å². The molecule has 0 aliphatic rings. The second-order valence-corrected chi connectivity index (χ2v) is 2.99. The van der Waals surface area contributed by atoms with Crippen molar-refractivity contribution in [1.82, 2.24) is 0 Å². The van der Waals surface area contributed by atoms with Crippen LogP contribution in [0.3, 0.4) is 0 Å². The number of benzene rings is 1. The molecule has 1 rings (SSSR count). The van der Waals surface area contributed by atoms with Gasteiger partial charge >= 0.3 is 0 Å². The van der Waals surface area contributed by atoms with Crippen molar-refractivity contribution in [2.75, 3.05) is 0 Å². The highest BCUT2D eigenvalue weighted by molar-refractivity contribution is 6.71. The van der Waals surface area contributed by atoms with Gasteiger partial charge in [0.1, 0.15) is 0 Å². The van der Waals surface area contributed by atoms with Crippen LogP contribution < -0.4 is 5.46 Å². The van der Waals surface area contributed by atoms with Gasteiger partial charge < -0.3 is 0 Å². The Balaban J connectivity index is 3.12. The van der Waals surface area contributed by atoms with E-state index in [4.69, 9.17) is 0 Å². The van der Waals surface area contributed by atoms with Crippen LogP contribution in [-0.4, -0.2) is 6.71 Å². The van der Waals surface area contributed by atoms with Crippen LogP contribution in [0.15, 0.2) is 30.8 Å². The Morgan fingerprint density at radius 1 is 1.27 bits per heavy atom. The molecular weight excluding hydrogens is 131 g/mol. The Morgan fingerprint density at radius 3 is 2.36 bits per heavy atom. The normalized spacial score (nSPS) is 9.27. The van der Waals surface area contributed by atoms with Crippen molar-refractivity contribution < 1.29 is 0 Å². The Labute approximate surface area is 69.0 Å². The van der Waals surface area contributed by atoms with Gasteiger partial charge in [-0.15, -0.1) is 0 Å². The van der Waals surface area contributed by atoms with E-state index in [0.717, 1.165) is 0 Å². The largest absolute Gasteiger partial charge is 0.170 e. The van der Waals surface area contributed by atoms with E-state index in [-0.39, 0.29) is 0 Å². The summed E-state index contributed by atoms with van der Waals surface area (Å²) in [5, 5.41) is 0. The molecule has 0 fully saturated rings. The zero-order valence-electron chi connectivity index (χ0n) is 7.17. The van der Waals surface area contributed by atoms with Crippen LogP contribution in [0, 0.1) is 0 Å². The molecule has 11 heavy (non-hydrogen) atoms. The summed E-state index contributed by atoms with van der Waals surface area (Å²) in [6.07, 6.45) is 1.91. The quantitative estimate of drug-likeness (QED) is 0.558. The molecule has 1 aromatic rings. The third-order valence-corrected chi connectivity index (χ3v) is 1.84. The standard InChI is InChI=1S/C10H13B/c1-4-9-7-5-6-8-10(9)11(2)3/h4-8H,1H2,2-3H3. The number of hydrogen-bond acceptors (Lipinski definition) is 0. The number of hydrogen-bond donors (Lipinski definition) is 0. The Hall–Kier alpha value is -0.975. The SMILES string of the molecule is C=Cc1ccccc1B(C)C. The van der Waals surface area contributed by atoms with Gasteiger partial charge in [-0.2, -0.15) is 0 Å². The number of rotatable bonds is 2. The Morgan fingerprint density at radius 2 is 1.91 bits per heavy atom. The molecule has 0 amide bonds. The lowest BCUT2D eigenvalue weighted by Crippen LogP contribution is -2.24. The molecule has 0 atom stereocenters. The summed E-state index contributed by atoms with van der Waals surface area (Å²) in [7, 11) is 0. The minimum absolute atomic E-state index is 0.587. The lowest BCUT2D eigenvalue weighted by molar-refractivity contribution is 1.70. The van der Waals surface area contributed by atoms with Crippen LogP contribution in [0.2, 0.25) is 13.6 Å². The molecule has 56 valence electrons. The van der Waals surface area contributed by atoms with Crippen molar-refractivity contribution in [2.24, 2.45) is 0 Å². The maximum absolute atomic E-state index is 3.77. The molecule has 0 saturated carbocycles. The first-order chi connectivity index (χ1) is 5.25. The van der Waals surface area contributed by atoms with Crippen LogP contribution in [0.25, 0.3) is 6.08 Å². The average molecular weight is 144 g/mol. The fraction of sp³-hybridized carbons (Fsp3) is 0.200. The van der Waals surface area contributed by atoms with Crippen molar-refractivity contribution in [3.8, 4) is 0 Å². The predicted molar refractivity (Wildman–Crippen MR) is 53.6 cm³/mol. The zero-order chi connectivity index (χ0) is 8.27. The highest BCUT2D eigenvalue weighted by Gasteiger charge is 2.04. The molecule has 0 radical (unpaired) electrons. The molecule has 1 aromatic carbocycles. The van der Waals surface area contributed by atoms with Crippen LogP contribution in [0.5, 0.6) is 0 Å². The first-order valence-electron chi connectivity index (χ1n) is 3.97. The van der Waals surface area contributed by atoms with Gasteiger partial charge in [0.15, 0.2) is 6.71 Å². The second kappa shape index (κ2) is 3.43. The van der Waals surface area contributed by atoms with E-state index in [1.54, 1.807) is 0 Å². The molecule has 0 N–H and O–H groups in total. The molecule has 0 aliphatic carbocycles. The predicted octanol–water partition coefficient (Wildman–Crippen LogP) is 2.29. The molecule has 0 aromatic heterocycles. The van der Waals surface area contributed by atoms with E-state index >= 15 is 0 Å². The fourth-order valence-corrected chi connectivity index (χ4v) is 1.22. The highest BCUT2D eigenvalue weighted by Crippen LogP contribution is 1.99. The van der Waals surface area contributed by atoms with Gasteiger partial charge in [-0.3, -0.25) is 0 Å². The summed E-state index contributed by atoms with van der Waals surface area (Å²) < 4.78 is 0. The lowest BCUT2D eigenvalue weighted by Gasteiger charge is -2.05. The first-order valence-corrected chi connectivity index (χ1v) is 3.97. The molecule has 0 spiro atoms. The van der Waals surface area contributed by atoms with Crippen molar-refractivity contribution in [2.45, 2.75) is 13.6 Å². The Kier molecular flexibility index (Phi) is 2.53. The van der Waals surface area contributed by atoms with Crippen molar-refractivity contribution in [1.29, 1.82) is 0 Å². The minimum Gasteiger partial charge on any atom is -0.0985 e. The van der Waals surface area contributed by atoms with Gasteiger partial charge in [-0.05, 0) is 5.56 Å². The molecule has 0 nitrogen and oxygen atoms in total. The monoisotopic (exact) mass is 144 g/mol. The molecule has 1 heteroatoms. The van der Waals surface area contributed by atoms with E-state index in [1.165, 1.54) is 11.0 Å². The highest BCUT2D eigenvalue weighted by atomic mass is 13.9. The van der Waals surface area contributed by atoms with Crippen molar-refractivity contribution in [3.05, 3.63) is 36.4 Å². The minimum atomic E-state index is 0.587. The van der Waals surface area contributed by atoms with Crippen molar-refractivity contribution in [3.63, 3.8) is 0 Å². The average Bonchev–Trinajstić information content (AvgIpc) is 2.04. The molecular formula is C10H13B. The molecule has 0 unspecified atom stereocenters. The maximum atomic E-state index is 3.77. The van der Waals surface area contributed by atoms with Gasteiger partial charge in [0, 0.05) is 0 Å². The molecule has 0 aliphatic heterocycles. The fourth-order valence-electron chi connectivity index (χ4n) is 1.22. The van der Waals surface area contributed by atoms with Crippen LogP contribution in [-0.2, 0) is 0 Å². The summed E-state index contributed by atoms with van der Waals surface area (Å²) >= 11 is 0. The zero-order valence-corrected chi connectivity index (χ0v) is 7.17. The van der Waals surface area contributed by atoms with Gasteiger partial charge in [-0.1, -0.05) is 56.0 Å². The summed E-state index contributed by atoms with van der Waals surface area (Å²) in [6.45, 7) is 8.75. The van der Waals surface area contributed by atoms with Crippen molar-refractivity contribution >= 4 is 18.3 Å². The summed E-state index contributed by atoms with van der Waals surface area (Å²) in [4.78, 5) is 0. The van der Waals surface area contributed by atoms with Gasteiger partial charge in [-0.25, -0.2) is 0 Å². The Bertz CT molecular complexity index is 251. The summed E-state index contributed by atoms with van der Waals surface area (Å²) in [5.41, 5.74) is 2.63. The third-order valence-electron chi connectivity index (χ3n) is 1.84. The van der Waals surface area contributed by atoms with E-state index in [9.17, 15) is 0 Å². The smallest absolute Gasteiger partial charge is 0.0985 e. The van der Waals surface area contributed by atoms with E-state index in [2.05, 4.69) is 38.4 Å². The van der Waals surface area contributed by atoms with Crippen LogP contribution in [0.1, 0.15) is 5.56 Å². The summed E-state index contributed by atoms with van der Waals surface area (Å²) in [5.74, 6) is 0. The van der Waals surface area contributed by atoms with E-state index in [1.807, 2.05) is 12.1 Å². The van der Waals surface area contributed by atoms with Gasteiger partial charge in [0.05, 0.1) is 0 Å². The van der Waals surface area contributed by atoms with E-state index in [0.29, 0.717) is 6.71 Å². The first kappa shape index (κ1) is 8.12. The molecule has 0 heterocycles. The molecule has 0 bridgehead atoms. The van der Waals surface area contributed by atoms with Crippen LogP contribution >= 0.6 is 0 Å². The third kappa shape index (κ3) is 1.73. The second-order valence-electron chi connectivity index (χ2n) is 2.99. The maximum Gasteiger partial charge on any atom is 0.170 e. The van der Waals surface area contributed by atoms with Gasteiger partial charge in [0.25, 0.3) is 0 Å². The summed E-state index contributed by atoms with van der Waals surface area (Å²) in [6, 6.07) is 8.37. The topological polar surface area (TPSA) is 0 Å². The van der Waals surface area contributed by atoms with Crippen LogP contribution in [0.4, 0.5) is 0 Å². The molecule has 0 saturated heterocycles. The lowest BCUT2D eigenvalue weighted by atomic mass is 9.48.